The molecule has 1 aromatic carbocycles. The zero-order chi connectivity index (χ0) is 14.9. The second-order valence-corrected chi connectivity index (χ2v) is 6.82. The fourth-order valence-electron chi connectivity index (χ4n) is 2.11. The Hall–Kier alpha value is -1.66. The van der Waals surface area contributed by atoms with Crippen LogP contribution in [-0.4, -0.2) is 24.9 Å². The van der Waals surface area contributed by atoms with Crippen LogP contribution in [-0.2, 0) is 16.6 Å². The first-order chi connectivity index (χ1) is 9.34. The summed E-state index contributed by atoms with van der Waals surface area (Å²) in [6.45, 7) is 5.52. The van der Waals surface area contributed by atoms with Gasteiger partial charge in [-0.1, -0.05) is 29.4 Å². The van der Waals surface area contributed by atoms with Gasteiger partial charge in [-0.3, -0.25) is 0 Å². The van der Waals surface area contributed by atoms with Gasteiger partial charge in [0.1, 0.15) is 10.6 Å². The maximum Gasteiger partial charge on any atom is 0.248 e. The van der Waals surface area contributed by atoms with E-state index < -0.39 is 10.0 Å². The van der Waals surface area contributed by atoms with Crippen molar-refractivity contribution in [3.63, 3.8) is 0 Å². The van der Waals surface area contributed by atoms with Crippen molar-refractivity contribution in [2.45, 2.75) is 32.2 Å². The second kappa shape index (κ2) is 5.38. The van der Waals surface area contributed by atoms with Gasteiger partial charge in [0, 0.05) is 13.6 Å². The standard InChI is InChI=1S/C14H18N2O3S/c1-10-7-5-6-8-13(10)9-16(4)20(17,18)14-11(2)15-19-12(14)3/h5-8H,9H2,1-4H3. The molecule has 0 N–H and O–H groups in total. The van der Waals surface area contributed by atoms with Gasteiger partial charge >= 0.3 is 0 Å². The lowest BCUT2D eigenvalue weighted by molar-refractivity contribution is 0.389. The summed E-state index contributed by atoms with van der Waals surface area (Å²) in [6, 6.07) is 7.72. The molecule has 0 atom stereocenters. The first kappa shape index (κ1) is 14.7. The van der Waals surface area contributed by atoms with Gasteiger partial charge < -0.3 is 4.52 Å². The van der Waals surface area contributed by atoms with Crippen molar-refractivity contribution in [2.24, 2.45) is 0 Å². The molecule has 6 heteroatoms. The number of benzene rings is 1. The third-order valence-electron chi connectivity index (χ3n) is 3.29. The van der Waals surface area contributed by atoms with Gasteiger partial charge in [0.05, 0.1) is 0 Å². The first-order valence-electron chi connectivity index (χ1n) is 6.27. The highest BCUT2D eigenvalue weighted by Gasteiger charge is 2.28. The molecule has 0 spiro atoms. The molecule has 20 heavy (non-hydrogen) atoms. The molecule has 0 saturated heterocycles. The summed E-state index contributed by atoms with van der Waals surface area (Å²) < 4.78 is 31.4. The van der Waals surface area contributed by atoms with E-state index in [0.717, 1.165) is 11.1 Å². The summed E-state index contributed by atoms with van der Waals surface area (Å²) in [4.78, 5) is 0.161. The van der Waals surface area contributed by atoms with E-state index in [9.17, 15) is 8.42 Å². The smallest absolute Gasteiger partial charge is 0.248 e. The van der Waals surface area contributed by atoms with E-state index in [1.165, 1.54) is 4.31 Å². The summed E-state index contributed by atoms with van der Waals surface area (Å²) in [5, 5.41) is 3.71. The summed E-state index contributed by atoms with van der Waals surface area (Å²) in [5.41, 5.74) is 2.43. The van der Waals surface area contributed by atoms with E-state index in [4.69, 9.17) is 4.52 Å². The third-order valence-corrected chi connectivity index (χ3v) is 5.34. The number of aromatic nitrogens is 1. The molecular formula is C14H18N2O3S. The SMILES string of the molecule is Cc1ccccc1CN(C)S(=O)(=O)c1c(C)noc1C. The molecule has 0 bridgehead atoms. The Morgan fingerprint density at radius 3 is 2.40 bits per heavy atom. The molecule has 0 fully saturated rings. The van der Waals surface area contributed by atoms with Crippen molar-refractivity contribution in [1.82, 2.24) is 9.46 Å². The van der Waals surface area contributed by atoms with Crippen molar-refractivity contribution in [2.75, 3.05) is 7.05 Å². The van der Waals surface area contributed by atoms with E-state index in [1.807, 2.05) is 31.2 Å². The molecular weight excluding hydrogens is 276 g/mol. The van der Waals surface area contributed by atoms with Crippen LogP contribution in [0.5, 0.6) is 0 Å². The van der Waals surface area contributed by atoms with Crippen LogP contribution in [0.1, 0.15) is 22.6 Å². The second-order valence-electron chi connectivity index (χ2n) is 4.84. The minimum Gasteiger partial charge on any atom is -0.360 e. The zero-order valence-electron chi connectivity index (χ0n) is 12.0. The van der Waals surface area contributed by atoms with Crippen molar-refractivity contribution in [1.29, 1.82) is 0 Å². The lowest BCUT2D eigenvalue weighted by Gasteiger charge is -2.18. The molecule has 0 aliphatic heterocycles. The van der Waals surface area contributed by atoms with Crippen LogP contribution in [0.2, 0.25) is 0 Å². The predicted octanol–water partition coefficient (Wildman–Crippen LogP) is 2.42. The molecule has 0 unspecified atom stereocenters. The average molecular weight is 294 g/mol. The number of hydrogen-bond acceptors (Lipinski definition) is 4. The number of sulfonamides is 1. The van der Waals surface area contributed by atoms with Gasteiger partial charge in [-0.05, 0) is 31.9 Å². The molecule has 0 amide bonds. The quantitative estimate of drug-likeness (QED) is 0.868. The Morgan fingerprint density at radius 2 is 1.85 bits per heavy atom. The Balaban J connectivity index is 2.34. The summed E-state index contributed by atoms with van der Waals surface area (Å²) in [5.74, 6) is 0.319. The minimum absolute atomic E-state index is 0.161. The molecule has 0 aliphatic rings. The Morgan fingerprint density at radius 1 is 1.20 bits per heavy atom. The topological polar surface area (TPSA) is 63.4 Å². The zero-order valence-corrected chi connectivity index (χ0v) is 12.9. The van der Waals surface area contributed by atoms with Gasteiger partial charge in [0.2, 0.25) is 10.0 Å². The van der Waals surface area contributed by atoms with Gasteiger partial charge in [-0.2, -0.15) is 4.31 Å². The van der Waals surface area contributed by atoms with Crippen LogP contribution < -0.4 is 0 Å². The molecule has 2 aromatic rings. The molecule has 108 valence electrons. The fourth-order valence-corrected chi connectivity index (χ4v) is 3.54. The van der Waals surface area contributed by atoms with E-state index in [0.29, 0.717) is 18.0 Å². The average Bonchev–Trinajstić information content (AvgIpc) is 2.72. The summed E-state index contributed by atoms with van der Waals surface area (Å²) in [7, 11) is -2.03. The first-order valence-corrected chi connectivity index (χ1v) is 7.71. The Kier molecular flexibility index (Phi) is 3.96. The van der Waals surface area contributed by atoms with Gasteiger partial charge in [-0.25, -0.2) is 8.42 Å². The number of aryl methyl sites for hydroxylation is 3. The van der Waals surface area contributed by atoms with Crippen molar-refractivity contribution in [3.05, 3.63) is 46.8 Å². The normalized spacial score (nSPS) is 12.1. The molecule has 0 aliphatic carbocycles. The highest BCUT2D eigenvalue weighted by atomic mass is 32.2. The number of nitrogens with zero attached hydrogens (tertiary/aromatic N) is 2. The van der Waals surface area contributed by atoms with Crippen molar-refractivity contribution >= 4 is 10.0 Å². The predicted molar refractivity (Wildman–Crippen MR) is 75.8 cm³/mol. The Labute approximate surface area is 119 Å². The van der Waals surface area contributed by atoms with Crippen LogP contribution in [0.4, 0.5) is 0 Å². The Bertz CT molecular complexity index is 700. The molecule has 0 saturated carbocycles. The summed E-state index contributed by atoms with van der Waals surface area (Å²) in [6.07, 6.45) is 0. The summed E-state index contributed by atoms with van der Waals surface area (Å²) >= 11 is 0. The molecule has 0 radical (unpaired) electrons. The monoisotopic (exact) mass is 294 g/mol. The van der Waals surface area contributed by atoms with E-state index in [2.05, 4.69) is 5.16 Å². The van der Waals surface area contributed by atoms with Crippen LogP contribution in [0, 0.1) is 20.8 Å². The number of rotatable bonds is 4. The lowest BCUT2D eigenvalue weighted by atomic mass is 10.1. The fraction of sp³-hybridized carbons (Fsp3) is 0.357. The van der Waals surface area contributed by atoms with Crippen LogP contribution >= 0.6 is 0 Å². The molecule has 1 aromatic heterocycles. The maximum absolute atomic E-state index is 12.6. The molecule has 2 rings (SSSR count). The van der Waals surface area contributed by atoms with Crippen LogP contribution in [0.3, 0.4) is 0 Å². The third kappa shape index (κ3) is 2.62. The maximum atomic E-state index is 12.6. The van der Waals surface area contributed by atoms with Crippen LogP contribution in [0.25, 0.3) is 0 Å². The van der Waals surface area contributed by atoms with Crippen molar-refractivity contribution in [3.8, 4) is 0 Å². The lowest BCUT2D eigenvalue weighted by Crippen LogP contribution is -2.27. The van der Waals surface area contributed by atoms with Crippen LogP contribution in [0.15, 0.2) is 33.7 Å². The van der Waals surface area contributed by atoms with Gasteiger partial charge in [-0.15, -0.1) is 0 Å². The highest BCUT2D eigenvalue weighted by molar-refractivity contribution is 7.89. The van der Waals surface area contributed by atoms with E-state index in [1.54, 1.807) is 20.9 Å². The van der Waals surface area contributed by atoms with Gasteiger partial charge in [0.25, 0.3) is 0 Å². The number of hydrogen-bond donors (Lipinski definition) is 0. The highest BCUT2D eigenvalue weighted by Crippen LogP contribution is 2.24. The van der Waals surface area contributed by atoms with E-state index in [-0.39, 0.29) is 4.90 Å². The molecule has 5 nitrogen and oxygen atoms in total. The van der Waals surface area contributed by atoms with Crippen molar-refractivity contribution < 1.29 is 12.9 Å². The van der Waals surface area contributed by atoms with Gasteiger partial charge in [0.15, 0.2) is 5.76 Å². The largest absolute Gasteiger partial charge is 0.360 e. The van der Waals surface area contributed by atoms with E-state index >= 15 is 0 Å². The minimum atomic E-state index is -3.59. The molecule has 1 heterocycles.